The third kappa shape index (κ3) is 6.18. The molecule has 0 saturated heterocycles. The summed E-state index contributed by atoms with van der Waals surface area (Å²) in [6.45, 7) is 0. The molecule has 338 valence electrons. The first-order chi connectivity index (χ1) is 30.8. The molecule has 0 aliphatic heterocycles. The number of rotatable bonds is 4. The lowest BCUT2D eigenvalue weighted by Gasteiger charge is -2.70. The molecule has 24 unspecified atom stereocenters. The van der Waals surface area contributed by atoms with Gasteiger partial charge in [0.25, 0.3) is 0 Å². The van der Waals surface area contributed by atoms with Crippen molar-refractivity contribution in [1.29, 1.82) is 0 Å². The van der Waals surface area contributed by atoms with E-state index in [1.165, 1.54) is 38.5 Å². The molecule has 0 amide bonds. The summed E-state index contributed by atoms with van der Waals surface area (Å²) in [4.78, 5) is 0. The van der Waals surface area contributed by atoms with E-state index in [4.69, 9.17) is 0 Å². The highest BCUT2D eigenvalue weighted by Gasteiger charge is 2.67. The van der Waals surface area contributed by atoms with E-state index in [0.717, 1.165) is 154 Å². The number of hydrogen-bond acceptors (Lipinski definition) is 0. The molecule has 14 aliphatic carbocycles. The predicted octanol–water partition coefficient (Wildman–Crippen LogP) is 16.3. The lowest BCUT2D eigenvalue weighted by molar-refractivity contribution is -0.221. The van der Waals surface area contributed by atoms with Gasteiger partial charge in [-0.2, -0.15) is 0 Å². The molecular formula is C62H90. The van der Waals surface area contributed by atoms with Gasteiger partial charge in [-0.3, -0.25) is 0 Å². The predicted molar refractivity (Wildman–Crippen MR) is 257 cm³/mol. The summed E-state index contributed by atoms with van der Waals surface area (Å²) in [5.74, 6) is 25.6. The van der Waals surface area contributed by atoms with Crippen LogP contribution >= 0.6 is 0 Å². The van der Waals surface area contributed by atoms with Gasteiger partial charge in [0.2, 0.25) is 0 Å². The Balaban J connectivity index is 0.949. The summed E-state index contributed by atoms with van der Waals surface area (Å²) in [6.07, 6.45) is 67.0. The van der Waals surface area contributed by atoms with Crippen molar-refractivity contribution in [3.05, 3.63) is 48.6 Å². The van der Waals surface area contributed by atoms with E-state index in [1.807, 2.05) is 0 Å². The van der Waals surface area contributed by atoms with E-state index in [0.29, 0.717) is 0 Å². The van der Waals surface area contributed by atoms with Crippen molar-refractivity contribution in [2.75, 3.05) is 0 Å². The van der Waals surface area contributed by atoms with Crippen molar-refractivity contribution >= 4 is 0 Å². The lowest BCUT2D eigenvalue weighted by atomic mass is 9.34. The fourth-order valence-corrected chi connectivity index (χ4v) is 23.9. The molecule has 10 saturated carbocycles. The van der Waals surface area contributed by atoms with Crippen molar-refractivity contribution in [3.63, 3.8) is 0 Å². The highest BCUT2D eigenvalue weighted by atomic mass is 14.7. The average Bonchev–Trinajstić information content (AvgIpc) is 3.34. The van der Waals surface area contributed by atoms with Gasteiger partial charge in [-0.25, -0.2) is 0 Å². The van der Waals surface area contributed by atoms with Crippen molar-refractivity contribution in [1.82, 2.24) is 0 Å². The molecule has 0 spiro atoms. The van der Waals surface area contributed by atoms with E-state index in [2.05, 4.69) is 48.6 Å². The number of allylic oxidation sites excluding steroid dienone is 8. The van der Waals surface area contributed by atoms with Crippen LogP contribution in [-0.2, 0) is 0 Å². The van der Waals surface area contributed by atoms with Crippen molar-refractivity contribution in [2.24, 2.45) is 154 Å². The molecule has 0 aromatic heterocycles. The Kier molecular flexibility index (Phi) is 10.6. The minimum atomic E-state index is 0.889. The minimum absolute atomic E-state index is 0.889. The molecule has 14 aliphatic rings. The quantitative estimate of drug-likeness (QED) is 0.248. The van der Waals surface area contributed by atoms with E-state index in [-0.39, 0.29) is 0 Å². The summed E-state index contributed by atoms with van der Waals surface area (Å²) in [7, 11) is 0. The van der Waals surface area contributed by atoms with Gasteiger partial charge in [-0.15, -0.1) is 0 Å². The van der Waals surface area contributed by atoms with Gasteiger partial charge in [0, 0.05) is 0 Å². The summed E-state index contributed by atoms with van der Waals surface area (Å²) < 4.78 is 0. The molecule has 0 heteroatoms. The Morgan fingerprint density at radius 3 is 0.887 bits per heavy atom. The van der Waals surface area contributed by atoms with Gasteiger partial charge in [0.05, 0.1) is 0 Å². The van der Waals surface area contributed by atoms with Crippen molar-refractivity contribution < 1.29 is 0 Å². The molecule has 24 atom stereocenters. The van der Waals surface area contributed by atoms with Crippen LogP contribution in [0.2, 0.25) is 0 Å². The van der Waals surface area contributed by atoms with Crippen LogP contribution in [0.1, 0.15) is 180 Å². The molecule has 0 nitrogen and oxygen atoms in total. The molecule has 14 rings (SSSR count). The largest absolute Gasteiger partial charge is 0.0848 e. The highest BCUT2D eigenvalue weighted by molar-refractivity contribution is 5.24. The number of hydrogen-bond donors (Lipinski definition) is 0. The van der Waals surface area contributed by atoms with Gasteiger partial charge in [-0.05, 0) is 231 Å². The fourth-order valence-electron chi connectivity index (χ4n) is 23.9. The summed E-state index contributed by atoms with van der Waals surface area (Å²) >= 11 is 0. The maximum Gasteiger partial charge on any atom is -0.0165 e. The Morgan fingerprint density at radius 2 is 0.500 bits per heavy atom. The summed E-state index contributed by atoms with van der Waals surface area (Å²) in [5.41, 5.74) is 0. The average molecular weight is 835 g/mol. The topological polar surface area (TPSA) is 0 Å². The second-order valence-electron chi connectivity index (χ2n) is 26.8. The Labute approximate surface area is 380 Å². The molecule has 62 heavy (non-hydrogen) atoms. The van der Waals surface area contributed by atoms with Gasteiger partial charge >= 0.3 is 0 Å². The van der Waals surface area contributed by atoms with Crippen LogP contribution in [0.3, 0.4) is 0 Å². The van der Waals surface area contributed by atoms with Crippen molar-refractivity contribution in [3.8, 4) is 0 Å². The van der Waals surface area contributed by atoms with Crippen LogP contribution in [0.4, 0.5) is 0 Å². The normalized spacial score (nSPS) is 56.5. The van der Waals surface area contributed by atoms with Crippen LogP contribution in [0.5, 0.6) is 0 Å². The first kappa shape index (κ1) is 40.1. The molecule has 0 radical (unpaired) electrons. The second kappa shape index (κ2) is 16.3. The Hall–Kier alpha value is -1.04. The standard InChI is InChI=1S/C62H90/c1-3-13-37(14-4-1)57-45-21-7-8-22-46(45)58(38-15-5-2-6-16-38)62-60(52-36-32-44-28-26-40-18-12-20-42-30-34-50(52)56(44)54(40)42)48-24-10-9-23-47(48)59(61(57)62)51-35-31-43-27-25-39-17-11-19-41-29-33-49(51)55(43)53(39)41/h25-30,33-34,37-62H,1-24,31-32,35-36H2. The first-order valence-corrected chi connectivity index (χ1v) is 29.5. The fraction of sp³-hybridized carbons (Fsp3) is 0.871. The van der Waals surface area contributed by atoms with E-state index in [1.54, 1.807) is 141 Å². The second-order valence-corrected chi connectivity index (χ2v) is 26.8. The smallest absolute Gasteiger partial charge is 0.0165 e. The maximum absolute atomic E-state index is 3.03. The number of fused-ring (bicyclic) bond motifs is 3. The molecule has 0 aromatic rings. The minimum Gasteiger partial charge on any atom is -0.0848 e. The monoisotopic (exact) mass is 835 g/mol. The molecular weight excluding hydrogens is 745 g/mol. The third-order valence-corrected chi connectivity index (χ3v) is 25.2. The zero-order chi connectivity index (χ0) is 40.5. The summed E-state index contributed by atoms with van der Waals surface area (Å²) in [6, 6.07) is 0. The van der Waals surface area contributed by atoms with Gasteiger partial charge in [0.15, 0.2) is 0 Å². The first-order valence-electron chi connectivity index (χ1n) is 29.5. The van der Waals surface area contributed by atoms with Crippen LogP contribution < -0.4 is 0 Å². The zero-order valence-corrected chi connectivity index (χ0v) is 39.4. The Morgan fingerprint density at radius 1 is 0.177 bits per heavy atom. The van der Waals surface area contributed by atoms with E-state index in [9.17, 15) is 0 Å². The van der Waals surface area contributed by atoms with Crippen LogP contribution in [0, 0.1) is 154 Å². The molecule has 0 bridgehead atoms. The van der Waals surface area contributed by atoms with Crippen LogP contribution in [0.15, 0.2) is 48.6 Å². The summed E-state index contributed by atoms with van der Waals surface area (Å²) in [5, 5.41) is 0. The maximum atomic E-state index is 3.03. The zero-order valence-electron chi connectivity index (χ0n) is 39.4. The van der Waals surface area contributed by atoms with Gasteiger partial charge in [-0.1, -0.05) is 151 Å². The SMILES string of the molecule is C1=CC2CCC(C3C4CCCCC4C(C4CCC5C=CC6CCCC7C=CC4C5C67)C4C(C5CCCCC5)C5CCCCC5C(C5CCCCC5)C34)C3C=CC4CCCC1C4C23. The molecule has 10 fully saturated rings. The van der Waals surface area contributed by atoms with Crippen LogP contribution in [0.25, 0.3) is 0 Å². The van der Waals surface area contributed by atoms with Crippen LogP contribution in [-0.4, -0.2) is 0 Å². The van der Waals surface area contributed by atoms with Crippen molar-refractivity contribution in [2.45, 2.75) is 180 Å². The molecule has 0 heterocycles. The van der Waals surface area contributed by atoms with Gasteiger partial charge < -0.3 is 0 Å². The third-order valence-electron chi connectivity index (χ3n) is 25.2. The molecule has 0 N–H and O–H groups in total. The Bertz CT molecular complexity index is 1600. The molecule has 0 aromatic carbocycles. The highest BCUT2D eigenvalue weighted by Crippen LogP contribution is 2.73. The van der Waals surface area contributed by atoms with E-state index < -0.39 is 0 Å². The lowest BCUT2D eigenvalue weighted by Crippen LogP contribution is -2.65. The van der Waals surface area contributed by atoms with E-state index >= 15 is 0 Å². The van der Waals surface area contributed by atoms with Gasteiger partial charge in [0.1, 0.15) is 0 Å².